The number of hydrogen-bond acceptors (Lipinski definition) is 4. The van der Waals surface area contributed by atoms with Crippen LogP contribution in [-0.4, -0.2) is 33.5 Å². The standard InChI is InChI=1S/C30H48O4/c1-18(9-10-24(33)27(4,5)34)19-11-16-30(8)25-20(12-15-29(19,30)7)28(6)14-13-23(32)26(2,3)22(28)17-21(25)31/h18-19,22,24,33-34H,9-17H2,1-8H3/t18?,19-,22+,24?,28-,29-,30+/m1/s1. The Kier molecular flexibility index (Phi) is 6.14. The molecule has 34 heavy (non-hydrogen) atoms. The first-order chi connectivity index (χ1) is 15.5. The van der Waals surface area contributed by atoms with Crippen LogP contribution < -0.4 is 0 Å². The second-order valence-corrected chi connectivity index (χ2v) is 14.2. The lowest BCUT2D eigenvalue weighted by Gasteiger charge is -2.60. The van der Waals surface area contributed by atoms with E-state index in [0.29, 0.717) is 42.7 Å². The Morgan fingerprint density at radius 3 is 2.26 bits per heavy atom. The molecule has 4 aliphatic rings. The zero-order valence-corrected chi connectivity index (χ0v) is 22.9. The first kappa shape index (κ1) is 26.1. The lowest BCUT2D eigenvalue weighted by Crippen LogP contribution is -2.56. The molecule has 4 rings (SSSR count). The van der Waals surface area contributed by atoms with E-state index in [0.717, 1.165) is 44.1 Å². The van der Waals surface area contributed by atoms with E-state index in [9.17, 15) is 19.8 Å². The number of ketones is 2. The Bertz CT molecular complexity index is 907. The SMILES string of the molecule is CC(CCC(O)C(C)(C)O)[C@H]1CC[C@@]2(C)C3=C(CC[C@]12C)[C@@]1(C)CCC(=O)C(C)(C)[C@@H]1CC3=O. The van der Waals surface area contributed by atoms with Gasteiger partial charge in [-0.1, -0.05) is 47.1 Å². The van der Waals surface area contributed by atoms with E-state index in [-0.39, 0.29) is 22.2 Å². The van der Waals surface area contributed by atoms with Crippen molar-refractivity contribution in [2.45, 2.75) is 125 Å². The third-order valence-electron chi connectivity index (χ3n) is 11.8. The zero-order valence-electron chi connectivity index (χ0n) is 22.9. The maximum absolute atomic E-state index is 13.9. The molecule has 192 valence electrons. The summed E-state index contributed by atoms with van der Waals surface area (Å²) >= 11 is 0. The van der Waals surface area contributed by atoms with E-state index < -0.39 is 17.1 Å². The Labute approximate surface area is 207 Å². The minimum Gasteiger partial charge on any atom is -0.390 e. The van der Waals surface area contributed by atoms with Gasteiger partial charge in [0.1, 0.15) is 5.78 Å². The topological polar surface area (TPSA) is 74.6 Å². The van der Waals surface area contributed by atoms with Crippen molar-refractivity contribution in [1.82, 2.24) is 0 Å². The number of rotatable bonds is 5. The van der Waals surface area contributed by atoms with Crippen molar-refractivity contribution >= 4 is 11.6 Å². The summed E-state index contributed by atoms with van der Waals surface area (Å²) in [6, 6.07) is 0. The number of carbonyl (C=O) groups excluding carboxylic acids is 2. The van der Waals surface area contributed by atoms with Gasteiger partial charge in [0.25, 0.3) is 0 Å². The average molecular weight is 473 g/mol. The molecule has 7 atom stereocenters. The molecule has 0 aromatic carbocycles. The van der Waals surface area contributed by atoms with Crippen LogP contribution in [0.15, 0.2) is 11.1 Å². The fraction of sp³-hybridized carbons (Fsp3) is 0.867. The van der Waals surface area contributed by atoms with E-state index in [1.807, 2.05) is 0 Å². The second-order valence-electron chi connectivity index (χ2n) is 14.2. The highest BCUT2D eigenvalue weighted by Crippen LogP contribution is 2.71. The van der Waals surface area contributed by atoms with Crippen LogP contribution in [-0.2, 0) is 9.59 Å². The van der Waals surface area contributed by atoms with Crippen molar-refractivity contribution in [2.75, 3.05) is 0 Å². The lowest BCUT2D eigenvalue weighted by atomic mass is 9.43. The molecule has 4 aliphatic carbocycles. The van der Waals surface area contributed by atoms with E-state index >= 15 is 0 Å². The van der Waals surface area contributed by atoms with Gasteiger partial charge in [-0.2, -0.15) is 0 Å². The molecule has 0 bridgehead atoms. The fourth-order valence-corrected chi connectivity index (χ4v) is 9.10. The highest BCUT2D eigenvalue weighted by atomic mass is 16.3. The van der Waals surface area contributed by atoms with Crippen molar-refractivity contribution in [1.29, 1.82) is 0 Å². The summed E-state index contributed by atoms with van der Waals surface area (Å²) < 4.78 is 0. The predicted octanol–water partition coefficient (Wildman–Crippen LogP) is 6.03. The second kappa shape index (κ2) is 8.00. The number of carbonyl (C=O) groups is 2. The number of aliphatic hydroxyl groups excluding tert-OH is 1. The third kappa shape index (κ3) is 3.52. The normalized spacial score (nSPS) is 41.6. The number of Topliss-reactive ketones (excluding diaryl/α,β-unsaturated/α-hetero) is 2. The molecule has 2 fully saturated rings. The van der Waals surface area contributed by atoms with Gasteiger partial charge in [-0.3, -0.25) is 9.59 Å². The van der Waals surface area contributed by atoms with Crippen LogP contribution in [0, 0.1) is 39.4 Å². The molecular weight excluding hydrogens is 424 g/mol. The Morgan fingerprint density at radius 1 is 1.00 bits per heavy atom. The Morgan fingerprint density at radius 2 is 1.65 bits per heavy atom. The van der Waals surface area contributed by atoms with Crippen molar-refractivity contribution in [3.63, 3.8) is 0 Å². The first-order valence-electron chi connectivity index (χ1n) is 13.7. The molecular formula is C30H48O4. The molecule has 0 heterocycles. The summed E-state index contributed by atoms with van der Waals surface area (Å²) in [6.07, 6.45) is 7.01. The molecule has 0 aliphatic heterocycles. The summed E-state index contributed by atoms with van der Waals surface area (Å²) in [5, 5.41) is 20.5. The van der Waals surface area contributed by atoms with E-state index in [1.165, 1.54) is 5.57 Å². The first-order valence-corrected chi connectivity index (χ1v) is 13.7. The minimum absolute atomic E-state index is 0.0501. The fourth-order valence-electron chi connectivity index (χ4n) is 9.10. The van der Waals surface area contributed by atoms with E-state index in [4.69, 9.17) is 0 Å². The average Bonchev–Trinajstić information content (AvgIpc) is 3.01. The molecule has 4 nitrogen and oxygen atoms in total. The van der Waals surface area contributed by atoms with Gasteiger partial charge in [-0.05, 0) is 87.4 Å². The highest BCUT2D eigenvalue weighted by Gasteiger charge is 2.65. The number of aliphatic hydroxyl groups is 2. The van der Waals surface area contributed by atoms with Gasteiger partial charge in [-0.25, -0.2) is 0 Å². The molecule has 2 N–H and O–H groups in total. The maximum atomic E-state index is 13.9. The van der Waals surface area contributed by atoms with Gasteiger partial charge < -0.3 is 10.2 Å². The molecule has 0 radical (unpaired) electrons. The minimum atomic E-state index is -1.08. The van der Waals surface area contributed by atoms with E-state index in [2.05, 4.69) is 41.5 Å². The van der Waals surface area contributed by atoms with Crippen LogP contribution in [0.1, 0.15) is 113 Å². The van der Waals surface area contributed by atoms with Crippen molar-refractivity contribution in [3.05, 3.63) is 11.1 Å². The van der Waals surface area contributed by atoms with Gasteiger partial charge in [0.05, 0.1) is 11.7 Å². The summed E-state index contributed by atoms with van der Waals surface area (Å²) in [5.74, 6) is 1.67. The van der Waals surface area contributed by atoms with Crippen LogP contribution in [0.3, 0.4) is 0 Å². The molecule has 2 unspecified atom stereocenters. The van der Waals surface area contributed by atoms with Crippen molar-refractivity contribution in [2.24, 2.45) is 39.4 Å². The van der Waals surface area contributed by atoms with Gasteiger partial charge in [0.2, 0.25) is 0 Å². The molecule has 0 saturated heterocycles. The smallest absolute Gasteiger partial charge is 0.159 e. The molecule has 4 heteroatoms. The molecule has 2 saturated carbocycles. The predicted molar refractivity (Wildman–Crippen MR) is 135 cm³/mol. The van der Waals surface area contributed by atoms with Crippen LogP contribution in [0.5, 0.6) is 0 Å². The van der Waals surface area contributed by atoms with Crippen molar-refractivity contribution < 1.29 is 19.8 Å². The van der Waals surface area contributed by atoms with Gasteiger partial charge in [0.15, 0.2) is 5.78 Å². The van der Waals surface area contributed by atoms with Gasteiger partial charge >= 0.3 is 0 Å². The van der Waals surface area contributed by atoms with Crippen molar-refractivity contribution in [3.8, 4) is 0 Å². The highest BCUT2D eigenvalue weighted by molar-refractivity contribution is 6.00. The van der Waals surface area contributed by atoms with Crippen LogP contribution in [0.4, 0.5) is 0 Å². The van der Waals surface area contributed by atoms with Crippen LogP contribution in [0.25, 0.3) is 0 Å². The summed E-state index contributed by atoms with van der Waals surface area (Å²) in [4.78, 5) is 26.7. The molecule has 0 aromatic heterocycles. The number of allylic oxidation sites excluding steroid dienone is 2. The molecule has 0 amide bonds. The lowest BCUT2D eigenvalue weighted by molar-refractivity contribution is -0.142. The molecule has 0 spiro atoms. The van der Waals surface area contributed by atoms with E-state index in [1.54, 1.807) is 13.8 Å². The van der Waals surface area contributed by atoms with Crippen LogP contribution >= 0.6 is 0 Å². The quantitative estimate of drug-likeness (QED) is 0.512. The Balaban J connectivity index is 1.66. The van der Waals surface area contributed by atoms with Gasteiger partial charge in [0, 0.05) is 29.2 Å². The third-order valence-corrected chi connectivity index (χ3v) is 11.8. The molecule has 0 aromatic rings. The van der Waals surface area contributed by atoms with Gasteiger partial charge in [-0.15, -0.1) is 0 Å². The zero-order chi connectivity index (χ0) is 25.5. The number of hydrogen-bond donors (Lipinski definition) is 2. The number of fused-ring (bicyclic) bond motifs is 4. The Hall–Kier alpha value is -1.00. The maximum Gasteiger partial charge on any atom is 0.159 e. The summed E-state index contributed by atoms with van der Waals surface area (Å²) in [5.41, 5.74) is 0.905. The largest absolute Gasteiger partial charge is 0.390 e. The monoisotopic (exact) mass is 472 g/mol. The van der Waals surface area contributed by atoms with Crippen LogP contribution in [0.2, 0.25) is 0 Å². The summed E-state index contributed by atoms with van der Waals surface area (Å²) in [7, 11) is 0. The summed E-state index contributed by atoms with van der Waals surface area (Å²) in [6.45, 7) is 16.9.